The molecule has 1 saturated heterocycles. The molecule has 202 valence electrons. The van der Waals surface area contributed by atoms with Crippen LogP contribution in [-0.4, -0.2) is 55.7 Å². The van der Waals surface area contributed by atoms with Gasteiger partial charge in [-0.25, -0.2) is 27.9 Å². The molecular formula is C23H25F6N5O3. The number of rotatable bonds is 5. The molecule has 3 unspecified atom stereocenters. The summed E-state index contributed by atoms with van der Waals surface area (Å²) >= 11 is 0. The van der Waals surface area contributed by atoms with E-state index in [0.29, 0.717) is 0 Å². The fourth-order valence-electron chi connectivity index (χ4n) is 3.75. The molecule has 0 bridgehead atoms. The van der Waals surface area contributed by atoms with Gasteiger partial charge in [0.1, 0.15) is 17.8 Å². The summed E-state index contributed by atoms with van der Waals surface area (Å²) in [5.41, 5.74) is -1.48. The van der Waals surface area contributed by atoms with Crippen LogP contribution in [0.2, 0.25) is 0 Å². The zero-order valence-electron chi connectivity index (χ0n) is 20.3. The van der Waals surface area contributed by atoms with Crippen LogP contribution in [-0.2, 0) is 22.3 Å². The maximum absolute atomic E-state index is 14.4. The molecule has 14 heteroatoms. The van der Waals surface area contributed by atoms with Gasteiger partial charge in [-0.15, -0.1) is 0 Å². The molecule has 1 aliphatic rings. The third-order valence-corrected chi connectivity index (χ3v) is 5.57. The monoisotopic (exact) mass is 533 g/mol. The van der Waals surface area contributed by atoms with Crippen molar-refractivity contribution in [2.24, 2.45) is 0 Å². The van der Waals surface area contributed by atoms with Crippen LogP contribution < -0.4 is 5.32 Å². The minimum Gasteiger partial charge on any atom is -0.444 e. The molecule has 0 radical (unpaired) electrons. The van der Waals surface area contributed by atoms with E-state index in [1.54, 1.807) is 20.8 Å². The first-order valence-electron chi connectivity index (χ1n) is 11.2. The Labute approximate surface area is 208 Å². The van der Waals surface area contributed by atoms with E-state index in [4.69, 9.17) is 4.74 Å². The van der Waals surface area contributed by atoms with Gasteiger partial charge in [0, 0.05) is 42.7 Å². The molecule has 2 amide bonds. The van der Waals surface area contributed by atoms with Crippen LogP contribution >= 0.6 is 0 Å². The number of hydrogen-bond donors (Lipinski definition) is 1. The van der Waals surface area contributed by atoms with E-state index in [9.17, 15) is 35.9 Å². The number of hydrogen-bond acceptors (Lipinski definition) is 6. The van der Waals surface area contributed by atoms with E-state index >= 15 is 0 Å². The second-order valence-electron chi connectivity index (χ2n) is 9.48. The quantitative estimate of drug-likeness (QED) is 0.553. The van der Waals surface area contributed by atoms with Gasteiger partial charge in [-0.1, -0.05) is 0 Å². The van der Waals surface area contributed by atoms with Crippen molar-refractivity contribution >= 4 is 12.0 Å². The van der Waals surface area contributed by atoms with E-state index in [1.165, 1.54) is 6.92 Å². The Morgan fingerprint density at radius 3 is 2.30 bits per heavy atom. The number of likely N-dealkylation sites (tertiary alicyclic amines) is 1. The second-order valence-corrected chi connectivity index (χ2v) is 9.48. The second kappa shape index (κ2) is 10.5. The van der Waals surface area contributed by atoms with Gasteiger partial charge in [-0.3, -0.25) is 14.7 Å². The zero-order valence-corrected chi connectivity index (χ0v) is 20.3. The van der Waals surface area contributed by atoms with Gasteiger partial charge < -0.3 is 10.1 Å². The molecule has 3 atom stereocenters. The van der Waals surface area contributed by atoms with E-state index in [1.807, 2.05) is 0 Å². The summed E-state index contributed by atoms with van der Waals surface area (Å²) in [5.74, 6) is -2.16. The van der Waals surface area contributed by atoms with E-state index < -0.39 is 66.4 Å². The lowest BCUT2D eigenvalue weighted by atomic mass is 10.1. The number of pyridine rings is 1. The van der Waals surface area contributed by atoms with Crippen molar-refractivity contribution in [3.63, 3.8) is 0 Å². The number of nitrogens with zero attached hydrogens (tertiary/aromatic N) is 4. The molecule has 2 aromatic rings. The van der Waals surface area contributed by atoms with Crippen LogP contribution in [0.15, 0.2) is 24.7 Å². The molecule has 1 N–H and O–H groups in total. The summed E-state index contributed by atoms with van der Waals surface area (Å²) in [5, 5.41) is 2.44. The summed E-state index contributed by atoms with van der Waals surface area (Å²) < 4.78 is 85.0. The van der Waals surface area contributed by atoms with Crippen LogP contribution in [0.25, 0.3) is 11.3 Å². The van der Waals surface area contributed by atoms with Crippen molar-refractivity contribution in [1.29, 1.82) is 0 Å². The van der Waals surface area contributed by atoms with Crippen molar-refractivity contribution < 1.29 is 40.7 Å². The lowest BCUT2D eigenvalue weighted by Gasteiger charge is -2.30. The Bertz CT molecular complexity index is 1140. The minimum absolute atomic E-state index is 0.00364. The third kappa shape index (κ3) is 6.66. The van der Waals surface area contributed by atoms with Crippen molar-refractivity contribution in [3.8, 4) is 11.3 Å². The number of carbonyl (C=O) groups excluding carboxylic acids is 2. The van der Waals surface area contributed by atoms with Crippen molar-refractivity contribution in [2.75, 3.05) is 0 Å². The van der Waals surface area contributed by atoms with Gasteiger partial charge in [-0.2, -0.15) is 13.2 Å². The highest BCUT2D eigenvalue weighted by atomic mass is 19.4. The third-order valence-electron chi connectivity index (χ3n) is 5.57. The van der Waals surface area contributed by atoms with Crippen LogP contribution in [0.5, 0.6) is 0 Å². The number of amides is 2. The predicted molar refractivity (Wildman–Crippen MR) is 118 cm³/mol. The van der Waals surface area contributed by atoms with Crippen LogP contribution in [0.3, 0.4) is 0 Å². The standard InChI is InChI=1S/C23H25F6N5O3/c1-11-15(24)6-17(34(11)21(36)37-22(2,3)4)19(35)31-7-12-5-16(30-10-14(12)18(25)26)13-8-32-20(33-9-13)23(27,28)29/h5,8-11,15,17-18H,6-7H2,1-4H3,(H,31,35). The fraction of sp³-hybridized carbons (Fsp3) is 0.522. The van der Waals surface area contributed by atoms with Crippen LogP contribution in [0, 0.1) is 0 Å². The molecule has 2 aromatic heterocycles. The molecule has 1 aliphatic heterocycles. The average molecular weight is 533 g/mol. The molecule has 0 aliphatic carbocycles. The average Bonchev–Trinajstić information content (AvgIpc) is 3.10. The summed E-state index contributed by atoms with van der Waals surface area (Å²) in [7, 11) is 0. The molecule has 0 spiro atoms. The van der Waals surface area contributed by atoms with Gasteiger partial charge in [0.25, 0.3) is 6.43 Å². The number of aromatic nitrogens is 3. The summed E-state index contributed by atoms with van der Waals surface area (Å²) in [4.78, 5) is 36.8. The highest BCUT2D eigenvalue weighted by Gasteiger charge is 2.46. The first-order chi connectivity index (χ1) is 17.1. The number of alkyl halides is 6. The summed E-state index contributed by atoms with van der Waals surface area (Å²) in [6.07, 6.45) is -7.90. The van der Waals surface area contributed by atoms with E-state index in [2.05, 4.69) is 20.3 Å². The number of ether oxygens (including phenoxy) is 1. The van der Waals surface area contributed by atoms with E-state index in [0.717, 1.165) is 29.6 Å². The molecular weight excluding hydrogens is 508 g/mol. The molecule has 0 saturated carbocycles. The van der Waals surface area contributed by atoms with Gasteiger partial charge >= 0.3 is 12.3 Å². The smallest absolute Gasteiger partial charge is 0.444 e. The summed E-state index contributed by atoms with van der Waals surface area (Å²) in [6.45, 7) is 5.82. The largest absolute Gasteiger partial charge is 0.451 e. The fourth-order valence-corrected chi connectivity index (χ4v) is 3.75. The Morgan fingerprint density at radius 2 is 1.76 bits per heavy atom. The van der Waals surface area contributed by atoms with Crippen LogP contribution in [0.1, 0.15) is 57.5 Å². The molecule has 3 heterocycles. The lowest BCUT2D eigenvalue weighted by Crippen LogP contribution is -2.50. The summed E-state index contributed by atoms with van der Waals surface area (Å²) in [6, 6.07) is -1.02. The Balaban J connectivity index is 1.81. The normalized spacial score (nSPS) is 20.3. The van der Waals surface area contributed by atoms with Crippen molar-refractivity contribution in [1.82, 2.24) is 25.2 Å². The zero-order chi connectivity index (χ0) is 27.7. The molecule has 3 rings (SSSR count). The SMILES string of the molecule is CC1C(F)CC(C(=O)NCc2cc(-c3cnc(C(F)(F)F)nc3)ncc2C(F)F)N1C(=O)OC(C)(C)C. The molecule has 37 heavy (non-hydrogen) atoms. The topological polar surface area (TPSA) is 97.3 Å². The van der Waals surface area contributed by atoms with Gasteiger partial charge in [0.05, 0.1) is 11.7 Å². The van der Waals surface area contributed by atoms with Crippen molar-refractivity contribution in [2.45, 2.75) is 77.1 Å². The number of nitrogens with one attached hydrogen (secondary N) is 1. The Kier molecular flexibility index (Phi) is 7.98. The highest BCUT2D eigenvalue weighted by molar-refractivity contribution is 5.86. The predicted octanol–water partition coefficient (Wildman–Crippen LogP) is 4.85. The first-order valence-corrected chi connectivity index (χ1v) is 11.2. The Morgan fingerprint density at radius 1 is 1.14 bits per heavy atom. The minimum atomic E-state index is -4.76. The first kappa shape index (κ1) is 28.1. The number of halogens is 6. The lowest BCUT2D eigenvalue weighted by molar-refractivity contribution is -0.145. The maximum Gasteiger partial charge on any atom is 0.451 e. The van der Waals surface area contributed by atoms with Gasteiger partial charge in [-0.05, 0) is 39.3 Å². The Hall–Kier alpha value is -3.45. The highest BCUT2D eigenvalue weighted by Crippen LogP contribution is 2.31. The van der Waals surface area contributed by atoms with E-state index in [-0.39, 0.29) is 23.2 Å². The maximum atomic E-state index is 14.4. The molecule has 1 fully saturated rings. The van der Waals surface area contributed by atoms with Gasteiger partial charge in [0.2, 0.25) is 11.7 Å². The van der Waals surface area contributed by atoms with Gasteiger partial charge in [0.15, 0.2) is 0 Å². The molecule has 0 aromatic carbocycles. The number of carbonyl (C=O) groups is 2. The molecule has 8 nitrogen and oxygen atoms in total. The van der Waals surface area contributed by atoms with Crippen molar-refractivity contribution in [3.05, 3.63) is 41.6 Å². The van der Waals surface area contributed by atoms with Crippen LogP contribution in [0.4, 0.5) is 31.1 Å².